The molecule has 2 aliphatic rings. The highest BCUT2D eigenvalue weighted by atomic mass is 16.8. The predicted octanol–water partition coefficient (Wildman–Crippen LogP) is 0.684. The minimum atomic E-state index is -0.488. The van der Waals surface area contributed by atoms with Gasteiger partial charge in [0.2, 0.25) is 0 Å². The van der Waals surface area contributed by atoms with Crippen molar-refractivity contribution in [3.63, 3.8) is 0 Å². The molecular formula is C5H6O3. The minimum absolute atomic E-state index is 0.0995. The molecule has 1 saturated carbocycles. The van der Waals surface area contributed by atoms with Crippen molar-refractivity contribution in [2.45, 2.75) is 25.0 Å². The second-order valence-corrected chi connectivity index (χ2v) is 2.14. The molecule has 2 unspecified atom stereocenters. The van der Waals surface area contributed by atoms with Crippen LogP contribution in [-0.2, 0) is 9.47 Å². The molecule has 0 radical (unpaired) electrons. The van der Waals surface area contributed by atoms with Gasteiger partial charge in [-0.3, -0.25) is 0 Å². The number of hydrogen-bond acceptors (Lipinski definition) is 3. The van der Waals surface area contributed by atoms with Crippen molar-refractivity contribution >= 4 is 6.16 Å². The average molecular weight is 114 g/mol. The number of fused-ring (bicyclic) bond motifs is 1. The fourth-order valence-corrected chi connectivity index (χ4v) is 0.983. The van der Waals surface area contributed by atoms with Crippen molar-refractivity contribution in [2.24, 2.45) is 0 Å². The van der Waals surface area contributed by atoms with E-state index in [9.17, 15) is 4.79 Å². The van der Waals surface area contributed by atoms with E-state index >= 15 is 0 Å². The molecule has 0 N–H and O–H groups in total. The van der Waals surface area contributed by atoms with E-state index in [2.05, 4.69) is 0 Å². The lowest BCUT2D eigenvalue weighted by Crippen LogP contribution is -2.33. The van der Waals surface area contributed by atoms with Crippen molar-refractivity contribution in [1.29, 1.82) is 0 Å². The van der Waals surface area contributed by atoms with Crippen molar-refractivity contribution in [2.75, 3.05) is 0 Å². The van der Waals surface area contributed by atoms with E-state index in [0.29, 0.717) is 0 Å². The van der Waals surface area contributed by atoms with Crippen LogP contribution in [0.2, 0.25) is 0 Å². The zero-order valence-electron chi connectivity index (χ0n) is 4.29. The summed E-state index contributed by atoms with van der Waals surface area (Å²) in [7, 11) is 0. The Balaban J connectivity index is 2.10. The van der Waals surface area contributed by atoms with Gasteiger partial charge < -0.3 is 9.47 Å². The first-order valence-corrected chi connectivity index (χ1v) is 2.73. The fraction of sp³-hybridized carbons (Fsp3) is 0.800. The lowest BCUT2D eigenvalue weighted by Gasteiger charge is -2.23. The number of carbonyl (C=O) groups is 1. The summed E-state index contributed by atoms with van der Waals surface area (Å²) >= 11 is 0. The highest BCUT2D eigenvalue weighted by Gasteiger charge is 2.43. The van der Waals surface area contributed by atoms with Gasteiger partial charge in [-0.25, -0.2) is 4.79 Å². The molecule has 1 aliphatic carbocycles. The third kappa shape index (κ3) is 0.363. The van der Waals surface area contributed by atoms with Crippen LogP contribution < -0.4 is 0 Å². The Bertz CT molecular complexity index is 118. The molecule has 1 heterocycles. The van der Waals surface area contributed by atoms with Crippen LogP contribution in [0.15, 0.2) is 0 Å². The van der Waals surface area contributed by atoms with E-state index in [1.165, 1.54) is 0 Å². The highest BCUT2D eigenvalue weighted by molar-refractivity contribution is 5.63. The molecule has 0 aromatic heterocycles. The number of rotatable bonds is 0. The summed E-state index contributed by atoms with van der Waals surface area (Å²) in [6.45, 7) is 0. The molecule has 0 amide bonds. The first-order chi connectivity index (χ1) is 3.86. The molecule has 1 aliphatic heterocycles. The van der Waals surface area contributed by atoms with Gasteiger partial charge in [0.15, 0.2) is 0 Å². The Morgan fingerprint density at radius 3 is 2.00 bits per heavy atom. The summed E-state index contributed by atoms with van der Waals surface area (Å²) in [5.74, 6) is 0. The average Bonchev–Trinajstić information content (AvgIpc) is 1.91. The van der Waals surface area contributed by atoms with E-state index in [0.717, 1.165) is 12.8 Å². The molecular weight excluding hydrogens is 108 g/mol. The fourth-order valence-electron chi connectivity index (χ4n) is 0.983. The lowest BCUT2D eigenvalue weighted by atomic mass is 9.93. The van der Waals surface area contributed by atoms with Crippen molar-refractivity contribution < 1.29 is 14.3 Å². The molecule has 3 heteroatoms. The van der Waals surface area contributed by atoms with Crippen LogP contribution in [0.1, 0.15) is 12.8 Å². The second kappa shape index (κ2) is 1.16. The third-order valence-electron chi connectivity index (χ3n) is 1.65. The maximum atomic E-state index is 10.3. The number of carbonyl (C=O) groups excluding carboxylic acids is 1. The SMILES string of the molecule is O=C1OC2CCC2O1. The normalized spacial score (nSPS) is 41.8. The maximum absolute atomic E-state index is 10.3. The lowest BCUT2D eigenvalue weighted by molar-refractivity contribution is 0.0620. The van der Waals surface area contributed by atoms with Crippen LogP contribution in [0, 0.1) is 0 Å². The molecule has 1 saturated heterocycles. The number of hydrogen-bond donors (Lipinski definition) is 0. The van der Waals surface area contributed by atoms with Crippen molar-refractivity contribution in [3.05, 3.63) is 0 Å². The largest absolute Gasteiger partial charge is 0.509 e. The zero-order valence-corrected chi connectivity index (χ0v) is 4.29. The molecule has 0 spiro atoms. The molecule has 2 rings (SSSR count). The van der Waals surface area contributed by atoms with Crippen LogP contribution in [0.3, 0.4) is 0 Å². The first kappa shape index (κ1) is 4.18. The van der Waals surface area contributed by atoms with Crippen LogP contribution in [0.4, 0.5) is 4.79 Å². The van der Waals surface area contributed by atoms with Gasteiger partial charge >= 0.3 is 6.16 Å². The Morgan fingerprint density at radius 1 is 1.25 bits per heavy atom. The zero-order chi connectivity index (χ0) is 5.56. The molecule has 44 valence electrons. The van der Waals surface area contributed by atoms with E-state index in [-0.39, 0.29) is 12.2 Å². The van der Waals surface area contributed by atoms with Gasteiger partial charge in [-0.05, 0) is 12.8 Å². The van der Waals surface area contributed by atoms with Gasteiger partial charge in [0.1, 0.15) is 12.2 Å². The van der Waals surface area contributed by atoms with Crippen molar-refractivity contribution in [1.82, 2.24) is 0 Å². The first-order valence-electron chi connectivity index (χ1n) is 2.73. The van der Waals surface area contributed by atoms with Gasteiger partial charge in [0.05, 0.1) is 0 Å². The van der Waals surface area contributed by atoms with Gasteiger partial charge in [0.25, 0.3) is 0 Å². The molecule has 0 aromatic carbocycles. The summed E-state index contributed by atoms with van der Waals surface area (Å²) in [4.78, 5) is 10.3. The molecule has 0 aromatic rings. The standard InChI is InChI=1S/C5H6O3/c6-5-7-3-1-2-4(3)8-5/h3-4H,1-2H2. The van der Waals surface area contributed by atoms with Crippen molar-refractivity contribution in [3.8, 4) is 0 Å². The third-order valence-corrected chi connectivity index (χ3v) is 1.65. The maximum Gasteiger partial charge on any atom is 0.509 e. The van der Waals surface area contributed by atoms with E-state index in [1.807, 2.05) is 0 Å². The Kier molecular flexibility index (Phi) is 0.604. The van der Waals surface area contributed by atoms with Gasteiger partial charge in [-0.15, -0.1) is 0 Å². The monoisotopic (exact) mass is 114 g/mol. The molecule has 3 nitrogen and oxygen atoms in total. The van der Waals surface area contributed by atoms with Crippen LogP contribution in [0.5, 0.6) is 0 Å². The van der Waals surface area contributed by atoms with Gasteiger partial charge in [0, 0.05) is 0 Å². The summed E-state index contributed by atoms with van der Waals surface area (Å²) in [5.41, 5.74) is 0. The molecule has 2 fully saturated rings. The van der Waals surface area contributed by atoms with E-state index in [4.69, 9.17) is 9.47 Å². The Morgan fingerprint density at radius 2 is 1.75 bits per heavy atom. The minimum Gasteiger partial charge on any atom is -0.427 e. The van der Waals surface area contributed by atoms with E-state index in [1.54, 1.807) is 0 Å². The van der Waals surface area contributed by atoms with Crippen LogP contribution in [-0.4, -0.2) is 18.4 Å². The summed E-state index contributed by atoms with van der Waals surface area (Å²) in [5, 5.41) is 0. The topological polar surface area (TPSA) is 35.5 Å². The second-order valence-electron chi connectivity index (χ2n) is 2.14. The van der Waals surface area contributed by atoms with Gasteiger partial charge in [-0.2, -0.15) is 0 Å². The summed E-state index contributed by atoms with van der Waals surface area (Å²) in [6, 6.07) is 0. The van der Waals surface area contributed by atoms with Crippen LogP contribution >= 0.6 is 0 Å². The molecule has 8 heavy (non-hydrogen) atoms. The molecule has 2 atom stereocenters. The summed E-state index contributed by atoms with van der Waals surface area (Å²) < 4.78 is 9.40. The predicted molar refractivity (Wildman–Crippen MR) is 24.4 cm³/mol. The van der Waals surface area contributed by atoms with Gasteiger partial charge in [-0.1, -0.05) is 0 Å². The Hall–Kier alpha value is -0.730. The Labute approximate surface area is 46.6 Å². The number of ether oxygens (including phenoxy) is 2. The van der Waals surface area contributed by atoms with Crippen LogP contribution in [0.25, 0.3) is 0 Å². The smallest absolute Gasteiger partial charge is 0.427 e. The quantitative estimate of drug-likeness (QED) is 0.434. The highest BCUT2D eigenvalue weighted by Crippen LogP contribution is 2.32. The summed E-state index contributed by atoms with van der Waals surface area (Å²) in [6.07, 6.45) is 1.68. The molecule has 0 bridgehead atoms. The van der Waals surface area contributed by atoms with E-state index < -0.39 is 6.16 Å².